The summed E-state index contributed by atoms with van der Waals surface area (Å²) in [4.78, 5) is 19.2. The molecule has 1 aliphatic heterocycles. The summed E-state index contributed by atoms with van der Waals surface area (Å²) in [6.45, 7) is 5.85. The molecule has 34 heavy (non-hydrogen) atoms. The van der Waals surface area contributed by atoms with Gasteiger partial charge in [0.05, 0.1) is 28.4 Å². The van der Waals surface area contributed by atoms with Crippen molar-refractivity contribution >= 4 is 34.2 Å². The number of nitrogens with one attached hydrogen (secondary N) is 1. The first-order valence-corrected chi connectivity index (χ1v) is 11.8. The molecule has 1 N–H and O–H groups in total. The molecule has 4 heterocycles. The van der Waals surface area contributed by atoms with Crippen LogP contribution in [0.3, 0.4) is 0 Å². The SMILES string of the molecule is Cc1nnc(N2CCC[C@H](C(=O)NCc3cccnc3)C2)c2nn(-c3ccc(Cl)cc3)c(C)c12. The number of carbonyl (C=O) groups is 1. The number of aromatic nitrogens is 5. The Kier molecular flexibility index (Phi) is 6.15. The number of hydrogen-bond donors (Lipinski definition) is 1. The fraction of sp³-hybridized carbons (Fsp3) is 0.320. The first-order chi connectivity index (χ1) is 16.5. The minimum absolute atomic E-state index is 0.0488. The molecule has 1 aromatic carbocycles. The molecule has 9 heteroatoms. The summed E-state index contributed by atoms with van der Waals surface area (Å²) in [6.07, 6.45) is 5.24. The van der Waals surface area contributed by atoms with E-state index in [1.807, 2.05) is 54.9 Å². The third-order valence-corrected chi connectivity index (χ3v) is 6.59. The number of fused-ring (bicyclic) bond motifs is 1. The van der Waals surface area contributed by atoms with Crippen molar-refractivity contribution in [2.24, 2.45) is 5.92 Å². The van der Waals surface area contributed by atoms with Gasteiger partial charge in [-0.05, 0) is 62.6 Å². The van der Waals surface area contributed by atoms with E-state index in [0.29, 0.717) is 18.1 Å². The maximum absolute atomic E-state index is 12.9. The highest BCUT2D eigenvalue weighted by molar-refractivity contribution is 6.30. The van der Waals surface area contributed by atoms with Crippen molar-refractivity contribution in [1.82, 2.24) is 30.3 Å². The zero-order valence-corrected chi connectivity index (χ0v) is 20.0. The number of anilines is 1. The van der Waals surface area contributed by atoms with Crippen LogP contribution < -0.4 is 10.2 Å². The maximum Gasteiger partial charge on any atom is 0.225 e. The number of hydrogen-bond acceptors (Lipinski definition) is 6. The van der Waals surface area contributed by atoms with Crippen LogP contribution in [0.1, 0.15) is 29.8 Å². The Hall–Kier alpha value is -3.52. The largest absolute Gasteiger partial charge is 0.352 e. The zero-order valence-electron chi connectivity index (χ0n) is 19.2. The summed E-state index contributed by atoms with van der Waals surface area (Å²) >= 11 is 6.07. The van der Waals surface area contributed by atoms with Gasteiger partial charge in [-0.3, -0.25) is 9.78 Å². The summed E-state index contributed by atoms with van der Waals surface area (Å²) in [5.74, 6) is 0.650. The predicted octanol–water partition coefficient (Wildman–Crippen LogP) is 4.01. The van der Waals surface area contributed by atoms with Crippen molar-refractivity contribution in [3.63, 3.8) is 0 Å². The lowest BCUT2D eigenvalue weighted by Crippen LogP contribution is -2.43. The number of amides is 1. The van der Waals surface area contributed by atoms with Crippen molar-refractivity contribution in [3.8, 4) is 5.69 Å². The van der Waals surface area contributed by atoms with E-state index < -0.39 is 0 Å². The Morgan fingerprint density at radius 1 is 1.18 bits per heavy atom. The standard InChI is InChI=1S/C25H26ClN7O/c1-16-22-17(2)33(21-9-7-20(26)8-10-21)31-23(22)24(30-29-16)32-12-4-6-19(15-32)25(34)28-14-18-5-3-11-27-13-18/h3,5,7-11,13,19H,4,6,12,14-15H2,1-2H3,(H,28,34)/t19-/m0/s1. The van der Waals surface area contributed by atoms with Crippen LogP contribution in [0.15, 0.2) is 48.8 Å². The van der Waals surface area contributed by atoms with Crippen LogP contribution in [0, 0.1) is 19.8 Å². The Morgan fingerprint density at radius 2 is 2.00 bits per heavy atom. The van der Waals surface area contributed by atoms with E-state index in [-0.39, 0.29) is 11.8 Å². The van der Waals surface area contributed by atoms with Gasteiger partial charge < -0.3 is 10.2 Å². The van der Waals surface area contributed by atoms with Gasteiger partial charge in [0.25, 0.3) is 0 Å². The third kappa shape index (κ3) is 4.33. The van der Waals surface area contributed by atoms with Crippen LogP contribution in [-0.4, -0.2) is 44.0 Å². The molecule has 0 spiro atoms. The van der Waals surface area contributed by atoms with Crippen molar-refractivity contribution in [1.29, 1.82) is 0 Å². The lowest BCUT2D eigenvalue weighted by Gasteiger charge is -2.32. The smallest absolute Gasteiger partial charge is 0.225 e. The van der Waals surface area contributed by atoms with E-state index in [2.05, 4.69) is 25.4 Å². The van der Waals surface area contributed by atoms with Crippen LogP contribution >= 0.6 is 11.6 Å². The Labute approximate surface area is 203 Å². The molecule has 0 radical (unpaired) electrons. The number of rotatable bonds is 5. The molecule has 1 amide bonds. The highest BCUT2D eigenvalue weighted by atomic mass is 35.5. The molecule has 8 nitrogen and oxygen atoms in total. The molecular formula is C25H26ClN7O. The summed E-state index contributed by atoms with van der Waals surface area (Å²) < 4.78 is 1.91. The van der Waals surface area contributed by atoms with Gasteiger partial charge in [0.2, 0.25) is 5.91 Å². The van der Waals surface area contributed by atoms with Gasteiger partial charge >= 0.3 is 0 Å². The molecule has 0 bridgehead atoms. The van der Waals surface area contributed by atoms with Gasteiger partial charge in [0, 0.05) is 37.1 Å². The number of carbonyl (C=O) groups excluding carboxylic acids is 1. The summed E-state index contributed by atoms with van der Waals surface area (Å²) in [6, 6.07) is 11.4. The van der Waals surface area contributed by atoms with E-state index in [1.54, 1.807) is 12.4 Å². The third-order valence-electron chi connectivity index (χ3n) is 6.34. The number of halogens is 1. The second-order valence-electron chi connectivity index (χ2n) is 8.67. The molecular weight excluding hydrogens is 450 g/mol. The number of pyridine rings is 1. The number of aryl methyl sites for hydroxylation is 2. The van der Waals surface area contributed by atoms with E-state index in [4.69, 9.17) is 16.7 Å². The molecule has 1 aliphatic rings. The van der Waals surface area contributed by atoms with Crippen molar-refractivity contribution in [2.75, 3.05) is 18.0 Å². The maximum atomic E-state index is 12.9. The second-order valence-corrected chi connectivity index (χ2v) is 9.11. The van der Waals surface area contributed by atoms with Crippen LogP contribution in [-0.2, 0) is 11.3 Å². The van der Waals surface area contributed by atoms with E-state index in [9.17, 15) is 4.79 Å². The molecule has 0 aliphatic carbocycles. The lowest BCUT2D eigenvalue weighted by atomic mass is 9.97. The van der Waals surface area contributed by atoms with Gasteiger partial charge in [-0.15, -0.1) is 5.10 Å². The molecule has 1 atom stereocenters. The van der Waals surface area contributed by atoms with E-state index in [1.165, 1.54) is 0 Å². The monoisotopic (exact) mass is 475 g/mol. The molecule has 0 unspecified atom stereocenters. The molecule has 1 saturated heterocycles. The molecule has 3 aromatic heterocycles. The van der Waals surface area contributed by atoms with Crippen LogP contribution in [0.25, 0.3) is 16.6 Å². The lowest BCUT2D eigenvalue weighted by molar-refractivity contribution is -0.125. The zero-order chi connectivity index (χ0) is 23.7. The van der Waals surface area contributed by atoms with Gasteiger partial charge in [-0.1, -0.05) is 17.7 Å². The van der Waals surface area contributed by atoms with E-state index >= 15 is 0 Å². The fourth-order valence-corrected chi connectivity index (χ4v) is 4.70. The van der Waals surface area contributed by atoms with Gasteiger partial charge in [-0.2, -0.15) is 10.2 Å². The molecule has 5 rings (SSSR count). The predicted molar refractivity (Wildman–Crippen MR) is 132 cm³/mol. The highest BCUT2D eigenvalue weighted by Gasteiger charge is 2.29. The Balaban J connectivity index is 1.41. The highest BCUT2D eigenvalue weighted by Crippen LogP contribution is 2.31. The quantitative estimate of drug-likeness (QED) is 0.469. The molecule has 4 aromatic rings. The van der Waals surface area contributed by atoms with Gasteiger partial charge in [0.15, 0.2) is 5.82 Å². The average Bonchev–Trinajstić information content (AvgIpc) is 3.22. The van der Waals surface area contributed by atoms with Crippen LogP contribution in [0.2, 0.25) is 5.02 Å². The molecule has 174 valence electrons. The van der Waals surface area contributed by atoms with Crippen LogP contribution in [0.5, 0.6) is 0 Å². The fourth-order valence-electron chi connectivity index (χ4n) is 4.58. The van der Waals surface area contributed by atoms with Gasteiger partial charge in [0.1, 0.15) is 5.52 Å². The topological polar surface area (TPSA) is 88.8 Å². The summed E-state index contributed by atoms with van der Waals surface area (Å²) in [7, 11) is 0. The molecule has 0 saturated carbocycles. The number of benzene rings is 1. The Bertz CT molecular complexity index is 1320. The Morgan fingerprint density at radius 3 is 2.76 bits per heavy atom. The minimum atomic E-state index is -0.122. The average molecular weight is 476 g/mol. The van der Waals surface area contributed by atoms with Crippen LogP contribution in [0.4, 0.5) is 5.82 Å². The normalized spacial score (nSPS) is 16.1. The van der Waals surface area contributed by atoms with Crippen molar-refractivity contribution < 1.29 is 4.79 Å². The summed E-state index contributed by atoms with van der Waals surface area (Å²) in [5, 5.41) is 18.6. The first kappa shape index (κ1) is 22.3. The van der Waals surface area contributed by atoms with Crippen molar-refractivity contribution in [3.05, 3.63) is 70.8 Å². The minimum Gasteiger partial charge on any atom is -0.352 e. The molecule has 1 fully saturated rings. The van der Waals surface area contributed by atoms with E-state index in [0.717, 1.165) is 58.7 Å². The number of piperidine rings is 1. The number of nitrogens with zero attached hydrogens (tertiary/aromatic N) is 6. The van der Waals surface area contributed by atoms with Crippen molar-refractivity contribution in [2.45, 2.75) is 33.2 Å². The second kappa shape index (κ2) is 9.38. The van der Waals surface area contributed by atoms with Gasteiger partial charge in [-0.25, -0.2) is 4.68 Å². The summed E-state index contributed by atoms with van der Waals surface area (Å²) in [5.41, 5.74) is 4.54. The first-order valence-electron chi connectivity index (χ1n) is 11.4.